The van der Waals surface area contributed by atoms with Gasteiger partial charge in [-0.1, -0.05) is 29.8 Å². The largest absolute Gasteiger partial charge is 0.322 e. The van der Waals surface area contributed by atoms with Gasteiger partial charge in [0.2, 0.25) is 0 Å². The maximum atomic E-state index is 12.9. The van der Waals surface area contributed by atoms with E-state index < -0.39 is 27.1 Å². The predicted molar refractivity (Wildman–Crippen MR) is 97.2 cm³/mol. The lowest BCUT2D eigenvalue weighted by Gasteiger charge is -2.24. The molecule has 1 fully saturated rings. The average Bonchev–Trinajstić information content (AvgIpc) is 3.10. The quantitative estimate of drug-likeness (QED) is 0.597. The van der Waals surface area contributed by atoms with E-state index in [2.05, 4.69) is 0 Å². The summed E-state index contributed by atoms with van der Waals surface area (Å²) < 4.78 is 0. The molecule has 0 radical (unpaired) electrons. The molecule has 8 nitrogen and oxygen atoms in total. The lowest BCUT2D eigenvalue weighted by Crippen LogP contribution is -2.30. The average molecular weight is 373 g/mol. The Morgan fingerprint density at radius 2 is 1.65 bits per heavy atom. The maximum absolute atomic E-state index is 12.9. The zero-order valence-corrected chi connectivity index (χ0v) is 14.6. The van der Waals surface area contributed by atoms with Crippen LogP contribution in [0.25, 0.3) is 0 Å². The lowest BCUT2D eigenvalue weighted by molar-refractivity contribution is -0.394. The van der Waals surface area contributed by atoms with Crippen LogP contribution < -0.4 is 0 Å². The van der Waals surface area contributed by atoms with E-state index in [1.54, 1.807) is 16.7 Å². The minimum Gasteiger partial charge on any atom is -0.322 e. The van der Waals surface area contributed by atoms with Gasteiger partial charge >= 0.3 is 0 Å². The van der Waals surface area contributed by atoms with Gasteiger partial charge in [-0.05, 0) is 12.5 Å². The summed E-state index contributed by atoms with van der Waals surface area (Å²) in [6, 6.07) is 10.8. The topological polar surface area (TPSA) is 107 Å². The van der Waals surface area contributed by atoms with Gasteiger partial charge in [0.15, 0.2) is 0 Å². The molecule has 0 bridgehead atoms. The van der Waals surface area contributed by atoms with Crippen molar-refractivity contribution in [2.45, 2.75) is 12.3 Å². The van der Waals surface area contributed by atoms with E-state index in [1.807, 2.05) is 31.2 Å². The number of rotatable bonds is 4. The monoisotopic (exact) mass is 373 g/mol. The fraction of sp³-hybridized carbons (Fsp3) is 0.235. The highest BCUT2D eigenvalue weighted by Gasteiger charge is 2.32. The van der Waals surface area contributed by atoms with Crippen LogP contribution in [0.15, 0.2) is 42.5 Å². The van der Waals surface area contributed by atoms with Gasteiger partial charge < -0.3 is 4.90 Å². The lowest BCUT2D eigenvalue weighted by atomic mass is 10.1. The molecule has 0 N–H and O–H groups in total. The fourth-order valence-electron chi connectivity index (χ4n) is 2.78. The Labute approximate surface area is 153 Å². The van der Waals surface area contributed by atoms with Gasteiger partial charge in [-0.2, -0.15) is 0 Å². The Balaban J connectivity index is 1.96. The smallest absolute Gasteiger partial charge is 0.277 e. The van der Waals surface area contributed by atoms with Crippen molar-refractivity contribution in [1.82, 2.24) is 4.90 Å². The zero-order valence-electron chi connectivity index (χ0n) is 13.8. The van der Waals surface area contributed by atoms with Crippen molar-refractivity contribution < 1.29 is 14.6 Å². The molecule has 0 aliphatic carbocycles. The number of thioether (sulfide) groups is 1. The summed E-state index contributed by atoms with van der Waals surface area (Å²) in [6.07, 6.45) is 0. The second kappa shape index (κ2) is 7.12. The molecule has 9 heteroatoms. The maximum Gasteiger partial charge on any atom is 0.277 e. The second-order valence-electron chi connectivity index (χ2n) is 5.88. The number of nitro groups is 2. The van der Waals surface area contributed by atoms with Crippen LogP contribution in [0, 0.1) is 27.2 Å². The summed E-state index contributed by atoms with van der Waals surface area (Å²) in [6.45, 7) is 2.44. The first-order valence-electron chi connectivity index (χ1n) is 7.80. The Kier molecular flexibility index (Phi) is 4.90. The number of nitro benzene ring substituents is 2. The summed E-state index contributed by atoms with van der Waals surface area (Å²) in [4.78, 5) is 35.1. The molecule has 1 heterocycles. The summed E-state index contributed by atoms with van der Waals surface area (Å²) in [5, 5.41) is 21.9. The predicted octanol–water partition coefficient (Wildman–Crippen LogP) is 3.70. The number of carbonyl (C=O) groups is 1. The number of aryl methyl sites for hydroxylation is 1. The van der Waals surface area contributed by atoms with Crippen LogP contribution in [0.1, 0.15) is 26.9 Å². The molecule has 26 heavy (non-hydrogen) atoms. The summed E-state index contributed by atoms with van der Waals surface area (Å²) in [5.74, 6) is 0.272. The number of non-ortho nitro benzene ring substituents is 2. The highest BCUT2D eigenvalue weighted by Crippen LogP contribution is 2.39. The number of hydrogen-bond donors (Lipinski definition) is 0. The minimum atomic E-state index is -0.736. The van der Waals surface area contributed by atoms with E-state index in [4.69, 9.17) is 0 Å². The van der Waals surface area contributed by atoms with E-state index in [1.165, 1.54) is 0 Å². The highest BCUT2D eigenvalue weighted by molar-refractivity contribution is 7.99. The van der Waals surface area contributed by atoms with Crippen LogP contribution in [-0.4, -0.2) is 33.0 Å². The van der Waals surface area contributed by atoms with Gasteiger partial charge in [-0.15, -0.1) is 11.8 Å². The second-order valence-corrected chi connectivity index (χ2v) is 7.07. The van der Waals surface area contributed by atoms with Crippen molar-refractivity contribution >= 4 is 29.0 Å². The minimum absolute atomic E-state index is 0.0505. The number of benzene rings is 2. The molecule has 1 saturated heterocycles. The number of hydrogen-bond acceptors (Lipinski definition) is 6. The summed E-state index contributed by atoms with van der Waals surface area (Å²) in [5.41, 5.74) is 1.06. The third-order valence-electron chi connectivity index (χ3n) is 4.09. The van der Waals surface area contributed by atoms with E-state index in [-0.39, 0.29) is 10.9 Å². The van der Waals surface area contributed by atoms with Crippen LogP contribution in [0.5, 0.6) is 0 Å². The van der Waals surface area contributed by atoms with Crippen molar-refractivity contribution in [2.75, 3.05) is 12.3 Å². The van der Waals surface area contributed by atoms with Crippen LogP contribution in [0.4, 0.5) is 11.4 Å². The van der Waals surface area contributed by atoms with Crippen LogP contribution in [-0.2, 0) is 0 Å². The van der Waals surface area contributed by atoms with Gasteiger partial charge in [0, 0.05) is 24.4 Å². The number of nitrogens with zero attached hydrogens (tertiary/aromatic N) is 3. The molecule has 2 aromatic rings. The number of amides is 1. The standard InChI is InChI=1S/C17H15N3O5S/c1-11-2-4-12(5-3-11)17-18(6-7-26-17)16(21)13-8-14(19(22)23)10-15(9-13)20(24)25/h2-5,8-10,17H,6-7H2,1H3. The molecular formula is C17H15N3O5S. The van der Waals surface area contributed by atoms with Gasteiger partial charge in [0.1, 0.15) is 5.37 Å². The molecule has 1 unspecified atom stereocenters. The van der Waals surface area contributed by atoms with Crippen LogP contribution >= 0.6 is 11.8 Å². The Morgan fingerprint density at radius 3 is 2.19 bits per heavy atom. The van der Waals surface area contributed by atoms with E-state index in [0.29, 0.717) is 6.54 Å². The molecule has 2 aromatic carbocycles. The molecule has 3 rings (SSSR count). The summed E-state index contributed by atoms with van der Waals surface area (Å²) >= 11 is 1.59. The van der Waals surface area contributed by atoms with E-state index in [9.17, 15) is 25.0 Å². The fourth-order valence-corrected chi connectivity index (χ4v) is 4.04. The number of carbonyl (C=O) groups excluding carboxylic acids is 1. The third-order valence-corrected chi connectivity index (χ3v) is 5.35. The van der Waals surface area contributed by atoms with Gasteiger partial charge in [0.05, 0.1) is 21.5 Å². The van der Waals surface area contributed by atoms with Crippen molar-refractivity contribution in [2.24, 2.45) is 0 Å². The molecule has 1 atom stereocenters. The molecule has 1 aliphatic rings. The first-order valence-corrected chi connectivity index (χ1v) is 8.84. The molecule has 0 spiro atoms. The molecule has 0 saturated carbocycles. The Hall–Kier alpha value is -2.94. The molecule has 0 aromatic heterocycles. The highest BCUT2D eigenvalue weighted by atomic mass is 32.2. The summed E-state index contributed by atoms with van der Waals surface area (Å²) in [7, 11) is 0. The van der Waals surface area contributed by atoms with E-state index in [0.717, 1.165) is 35.1 Å². The first-order chi connectivity index (χ1) is 12.4. The zero-order chi connectivity index (χ0) is 18.8. The molecule has 134 valence electrons. The molecule has 1 aliphatic heterocycles. The SMILES string of the molecule is Cc1ccc(C2SCCN2C(=O)c2cc([N+](=O)[O-])cc([N+](=O)[O-])c2)cc1. The Morgan fingerprint density at radius 1 is 1.08 bits per heavy atom. The van der Waals surface area contributed by atoms with Gasteiger partial charge in [-0.3, -0.25) is 25.0 Å². The van der Waals surface area contributed by atoms with Crippen LogP contribution in [0.2, 0.25) is 0 Å². The van der Waals surface area contributed by atoms with Gasteiger partial charge in [0.25, 0.3) is 17.3 Å². The normalized spacial score (nSPS) is 16.5. The van der Waals surface area contributed by atoms with Gasteiger partial charge in [-0.25, -0.2) is 0 Å². The Bertz CT molecular complexity index is 852. The van der Waals surface area contributed by atoms with Crippen molar-refractivity contribution in [3.63, 3.8) is 0 Å². The molecular weight excluding hydrogens is 358 g/mol. The van der Waals surface area contributed by atoms with Crippen molar-refractivity contribution in [1.29, 1.82) is 0 Å². The van der Waals surface area contributed by atoms with E-state index >= 15 is 0 Å². The van der Waals surface area contributed by atoms with Crippen molar-refractivity contribution in [3.8, 4) is 0 Å². The first kappa shape index (κ1) is 17.9. The third kappa shape index (κ3) is 3.52. The van der Waals surface area contributed by atoms with Crippen molar-refractivity contribution in [3.05, 3.63) is 79.4 Å². The van der Waals surface area contributed by atoms with Crippen LogP contribution in [0.3, 0.4) is 0 Å². The molecule has 1 amide bonds.